The Hall–Kier alpha value is -13.4. The molecule has 0 spiro atoms. The van der Waals surface area contributed by atoms with Crippen LogP contribution in [0.1, 0.15) is 190 Å². The number of hydrogen-bond acceptors (Lipinski definition) is 18. The maximum Gasteiger partial charge on any atom is 0.306 e. The van der Waals surface area contributed by atoms with E-state index in [4.69, 9.17) is 28.4 Å². The van der Waals surface area contributed by atoms with Crippen LogP contribution in [0.5, 0.6) is 11.5 Å². The first-order chi connectivity index (χ1) is 55.8. The zero-order valence-corrected chi connectivity index (χ0v) is 64.7. The number of nitrogens with zero attached hydrogens (tertiary/aromatic N) is 8. The van der Waals surface area contributed by atoms with Gasteiger partial charge < -0.3 is 28.4 Å². The molecular formula is C96H90N8O10. The molecule has 0 saturated carbocycles. The third-order valence-corrected chi connectivity index (χ3v) is 20.6. The predicted molar refractivity (Wildman–Crippen MR) is 439 cm³/mol. The van der Waals surface area contributed by atoms with Crippen LogP contribution in [0.2, 0.25) is 0 Å². The number of esters is 4. The minimum absolute atomic E-state index is 0.0902. The standard InChI is InChI=1S/C96H90N8O10/c1-3-5-7-9-11-13-15-17-19-25-47-109-85-41-35-69-49-65(61-111-87(105)43-45-89(107)113-63-67-33-39-81-83(51-67)93(73(57-101)58-102)79-29-23-21-27-77(79)91(81)71(53-97)54-98)31-37-75(69)95(85)96-76-38-32-66(50-70(76)36-42-86(96)110-48-26-20-18-16-14-12-10-8-6-4-2)62-112-88(106)44-46-90(108)114-64-68-34-40-82-84(52-68)94(74(59-103)60-104)80-30-24-22-28-78(80)92(82)72(55-99)56-100/h21-24,27-42,49-52H,3-20,25-26,43-48,61-64H2,1-2H3. The smallest absolute Gasteiger partial charge is 0.306 e. The van der Waals surface area contributed by atoms with Gasteiger partial charge in [-0.25, -0.2) is 0 Å². The molecule has 18 heteroatoms. The Bertz CT molecular complexity index is 5500. The second kappa shape index (κ2) is 42.7. The monoisotopic (exact) mass is 1510 g/mol. The minimum Gasteiger partial charge on any atom is -0.493 e. The van der Waals surface area contributed by atoms with Crippen molar-refractivity contribution in [2.45, 2.75) is 194 Å². The highest BCUT2D eigenvalue weighted by Crippen LogP contribution is 2.46. The molecule has 0 radical (unpaired) electrons. The average Bonchev–Trinajstić information content (AvgIpc) is 0.736. The van der Waals surface area contributed by atoms with Gasteiger partial charge in [-0.15, -0.1) is 0 Å². The van der Waals surface area contributed by atoms with Gasteiger partial charge in [0.05, 0.1) is 38.9 Å². The van der Waals surface area contributed by atoms with Gasteiger partial charge in [0, 0.05) is 32.0 Å². The van der Waals surface area contributed by atoms with Gasteiger partial charge in [-0.3, -0.25) is 19.2 Å². The molecule has 0 aliphatic rings. The summed E-state index contributed by atoms with van der Waals surface area (Å²) >= 11 is 0. The Morgan fingerprint density at radius 2 is 0.518 bits per heavy atom. The molecule has 0 aromatic heterocycles. The SMILES string of the molecule is CCCCCCCCCCCCOc1ccc2cc(COC(=O)CCC(=O)OCc3ccc4c(=C(C#N)C#N)c5ccccc5c(=C(C#N)C#N)c4c3)ccc2c1-c1c(OCCCCCCCCCCCC)ccc2cc(COC(=O)CCC(=O)OCc3ccc4c(=C(C#N)C#N)c5ccccc5c(=C(C#N)C#N)c4c3)ccc12. The molecule has 0 amide bonds. The summed E-state index contributed by atoms with van der Waals surface area (Å²) < 4.78 is 36.6. The van der Waals surface area contributed by atoms with Crippen LogP contribution in [0.25, 0.3) is 98.1 Å². The van der Waals surface area contributed by atoms with E-state index >= 15 is 0 Å². The first kappa shape index (κ1) is 83.1. The van der Waals surface area contributed by atoms with Crippen molar-refractivity contribution in [3.63, 3.8) is 0 Å². The van der Waals surface area contributed by atoms with E-state index in [9.17, 15) is 61.3 Å². The summed E-state index contributed by atoms with van der Waals surface area (Å²) in [6.07, 6.45) is 22.3. The number of carbonyl (C=O) groups is 4. The molecule has 0 aliphatic carbocycles. The Kier molecular flexibility index (Phi) is 31.1. The number of rotatable bonds is 39. The maximum absolute atomic E-state index is 13.4. The van der Waals surface area contributed by atoms with Crippen LogP contribution in [0.3, 0.4) is 0 Å². The van der Waals surface area contributed by atoms with Crippen LogP contribution in [0, 0.1) is 90.6 Å². The van der Waals surface area contributed by atoms with Crippen LogP contribution >= 0.6 is 0 Å². The normalized spacial score (nSPS) is 10.8. The van der Waals surface area contributed by atoms with E-state index in [1.54, 1.807) is 84.9 Å². The zero-order chi connectivity index (χ0) is 80.6. The van der Waals surface area contributed by atoms with Gasteiger partial charge in [0.25, 0.3) is 0 Å². The number of unbranched alkanes of at least 4 members (excludes halogenated alkanes) is 18. The molecule has 0 bridgehead atoms. The van der Waals surface area contributed by atoms with Crippen molar-refractivity contribution in [3.05, 3.63) is 189 Å². The highest BCUT2D eigenvalue weighted by atomic mass is 16.5. The van der Waals surface area contributed by atoms with Crippen LogP contribution in [-0.4, -0.2) is 37.1 Å². The summed E-state index contributed by atoms with van der Waals surface area (Å²) in [5.41, 5.74) is 3.40. The molecule has 114 heavy (non-hydrogen) atoms. The van der Waals surface area contributed by atoms with Crippen molar-refractivity contribution in [2.24, 2.45) is 0 Å². The van der Waals surface area contributed by atoms with Crippen LogP contribution < -0.4 is 30.3 Å². The molecule has 10 aromatic carbocycles. The fourth-order valence-electron chi connectivity index (χ4n) is 14.8. The summed E-state index contributed by atoms with van der Waals surface area (Å²) in [5.74, 6) is -1.24. The molecule has 574 valence electrons. The fourth-order valence-corrected chi connectivity index (χ4v) is 14.8. The fraction of sp³-hybridized carbons (Fsp3) is 0.333. The van der Waals surface area contributed by atoms with Gasteiger partial charge in [-0.1, -0.05) is 239 Å². The lowest BCUT2D eigenvalue weighted by molar-refractivity contribution is -0.151. The van der Waals surface area contributed by atoms with Crippen molar-refractivity contribution in [1.82, 2.24) is 0 Å². The lowest BCUT2D eigenvalue weighted by atomic mass is 9.91. The summed E-state index contributed by atoms with van der Waals surface area (Å²) in [4.78, 5) is 53.4. The van der Waals surface area contributed by atoms with E-state index in [1.807, 2.05) is 109 Å². The third kappa shape index (κ3) is 21.2. The molecule has 0 N–H and O–H groups in total. The molecule has 0 saturated heterocycles. The van der Waals surface area contributed by atoms with Crippen molar-refractivity contribution >= 4 is 111 Å². The number of ether oxygens (including phenoxy) is 6. The molecule has 0 atom stereocenters. The van der Waals surface area contributed by atoms with Gasteiger partial charge in [0.1, 0.15) is 109 Å². The molecule has 0 heterocycles. The Morgan fingerprint density at radius 1 is 0.272 bits per heavy atom. The van der Waals surface area contributed by atoms with E-state index in [0.717, 1.165) is 71.2 Å². The van der Waals surface area contributed by atoms with Gasteiger partial charge in [0.15, 0.2) is 0 Å². The quantitative estimate of drug-likeness (QED) is 0.0149. The van der Waals surface area contributed by atoms with Crippen LogP contribution in [-0.2, 0) is 64.6 Å². The molecule has 0 unspecified atom stereocenters. The Morgan fingerprint density at radius 3 is 0.798 bits per heavy atom. The van der Waals surface area contributed by atoms with Gasteiger partial charge in [0.2, 0.25) is 0 Å². The maximum atomic E-state index is 13.4. The van der Waals surface area contributed by atoms with Gasteiger partial charge in [-0.2, -0.15) is 42.1 Å². The average molecular weight is 1520 g/mol. The van der Waals surface area contributed by atoms with Gasteiger partial charge in [-0.05, 0) is 136 Å². The van der Waals surface area contributed by atoms with E-state index in [0.29, 0.717) is 111 Å². The van der Waals surface area contributed by atoms with E-state index in [2.05, 4.69) is 13.8 Å². The topological polar surface area (TPSA) is 314 Å². The second-order valence-electron chi connectivity index (χ2n) is 28.4. The van der Waals surface area contributed by atoms with Crippen LogP contribution in [0.15, 0.2) is 146 Å². The predicted octanol–water partition coefficient (Wildman–Crippen LogP) is 18.8. The third-order valence-electron chi connectivity index (χ3n) is 20.6. The summed E-state index contributed by atoms with van der Waals surface area (Å²) in [5, 5.41) is 88.7. The molecule has 18 nitrogen and oxygen atoms in total. The van der Waals surface area contributed by atoms with E-state index in [-0.39, 0.29) is 74.4 Å². The van der Waals surface area contributed by atoms with Gasteiger partial charge >= 0.3 is 23.9 Å². The highest BCUT2D eigenvalue weighted by molar-refractivity contribution is 6.11. The Labute approximate surface area is 664 Å². The summed E-state index contributed by atoms with van der Waals surface area (Å²) in [6.45, 7) is 4.83. The molecule has 10 aromatic rings. The Balaban J connectivity index is 0.851. The first-order valence-electron chi connectivity index (χ1n) is 39.5. The van der Waals surface area contributed by atoms with Crippen molar-refractivity contribution < 1.29 is 47.6 Å². The highest BCUT2D eigenvalue weighted by Gasteiger charge is 2.23. The molecule has 0 aliphatic heterocycles. The second-order valence-corrected chi connectivity index (χ2v) is 28.4. The number of hydrogen-bond donors (Lipinski definition) is 0. The van der Waals surface area contributed by atoms with Crippen molar-refractivity contribution in [1.29, 1.82) is 42.1 Å². The summed E-state index contributed by atoms with van der Waals surface area (Å²) in [6, 6.07) is 59.4. The minimum atomic E-state index is -0.667. The summed E-state index contributed by atoms with van der Waals surface area (Å²) in [7, 11) is 0. The van der Waals surface area contributed by atoms with E-state index < -0.39 is 23.9 Å². The molecular weight excluding hydrogens is 1430 g/mol. The largest absolute Gasteiger partial charge is 0.493 e. The first-order valence-corrected chi connectivity index (χ1v) is 39.5. The molecule has 0 fully saturated rings. The van der Waals surface area contributed by atoms with Crippen LogP contribution in [0.4, 0.5) is 0 Å². The molecule has 10 rings (SSSR count). The van der Waals surface area contributed by atoms with Crippen molar-refractivity contribution in [3.8, 4) is 71.2 Å². The number of carbonyl (C=O) groups excluding carboxylic acids is 4. The number of nitriles is 8. The number of benzene rings is 10. The van der Waals surface area contributed by atoms with E-state index in [1.165, 1.54) is 89.9 Å². The van der Waals surface area contributed by atoms with Crippen molar-refractivity contribution in [2.75, 3.05) is 13.2 Å². The zero-order valence-electron chi connectivity index (χ0n) is 64.7. The lowest BCUT2D eigenvalue weighted by Crippen LogP contribution is -2.19. The number of fused-ring (bicyclic) bond motifs is 6. The lowest BCUT2D eigenvalue weighted by Gasteiger charge is -2.20.